The minimum absolute atomic E-state index is 0.259. The standard InChI is InChI=1S/C12H18N2OS2/c1-9-7-16-12(13-9)17-8-11(15)14-6-4-3-5-10(14)2/h7,10H,3-6,8H2,1-2H3. The summed E-state index contributed by atoms with van der Waals surface area (Å²) in [6, 6.07) is 0.412. The Balaban J connectivity index is 1.84. The first-order valence-corrected chi connectivity index (χ1v) is 7.88. The van der Waals surface area contributed by atoms with Crippen LogP contribution >= 0.6 is 23.1 Å². The zero-order valence-corrected chi connectivity index (χ0v) is 11.9. The number of thioether (sulfide) groups is 1. The van der Waals surface area contributed by atoms with Crippen molar-refractivity contribution in [1.29, 1.82) is 0 Å². The zero-order valence-electron chi connectivity index (χ0n) is 10.3. The van der Waals surface area contributed by atoms with Crippen molar-refractivity contribution in [2.24, 2.45) is 0 Å². The Kier molecular flexibility index (Phi) is 4.45. The molecule has 1 aliphatic rings. The van der Waals surface area contributed by atoms with Gasteiger partial charge in [0, 0.05) is 23.7 Å². The van der Waals surface area contributed by atoms with Gasteiger partial charge in [0.15, 0.2) is 4.34 Å². The molecule has 1 aliphatic heterocycles. The monoisotopic (exact) mass is 270 g/mol. The summed E-state index contributed by atoms with van der Waals surface area (Å²) in [5.41, 5.74) is 1.04. The molecule has 94 valence electrons. The maximum absolute atomic E-state index is 12.1. The lowest BCUT2D eigenvalue weighted by Crippen LogP contribution is -2.42. The Bertz CT molecular complexity index is 392. The van der Waals surface area contributed by atoms with Gasteiger partial charge in [0.05, 0.1) is 5.75 Å². The first kappa shape index (κ1) is 12.9. The van der Waals surface area contributed by atoms with Gasteiger partial charge in [-0.3, -0.25) is 4.79 Å². The van der Waals surface area contributed by atoms with E-state index in [4.69, 9.17) is 0 Å². The second-order valence-electron chi connectivity index (χ2n) is 4.48. The molecule has 5 heteroatoms. The van der Waals surface area contributed by atoms with E-state index in [1.807, 2.05) is 17.2 Å². The number of hydrogen-bond donors (Lipinski definition) is 0. The third-order valence-corrected chi connectivity index (χ3v) is 5.16. The van der Waals surface area contributed by atoms with Gasteiger partial charge in [0.25, 0.3) is 0 Å². The van der Waals surface area contributed by atoms with Gasteiger partial charge in [0.1, 0.15) is 0 Å². The molecule has 0 saturated carbocycles. The Morgan fingerprint density at radius 2 is 2.47 bits per heavy atom. The maximum atomic E-state index is 12.1. The molecular formula is C12H18N2OS2. The van der Waals surface area contributed by atoms with Gasteiger partial charge in [0.2, 0.25) is 5.91 Å². The van der Waals surface area contributed by atoms with Crippen molar-refractivity contribution in [3.63, 3.8) is 0 Å². The molecule has 0 aromatic carbocycles. The molecule has 0 spiro atoms. The first-order valence-electron chi connectivity index (χ1n) is 6.01. The van der Waals surface area contributed by atoms with Crippen molar-refractivity contribution in [3.8, 4) is 0 Å². The van der Waals surface area contributed by atoms with Crippen LogP contribution in [0, 0.1) is 6.92 Å². The van der Waals surface area contributed by atoms with E-state index < -0.39 is 0 Å². The van der Waals surface area contributed by atoms with Crippen molar-refractivity contribution in [3.05, 3.63) is 11.1 Å². The molecule has 1 fully saturated rings. The largest absolute Gasteiger partial charge is 0.339 e. The van der Waals surface area contributed by atoms with E-state index in [1.165, 1.54) is 6.42 Å². The first-order chi connectivity index (χ1) is 8.16. The zero-order chi connectivity index (χ0) is 12.3. The lowest BCUT2D eigenvalue weighted by molar-refractivity contribution is -0.131. The fourth-order valence-electron chi connectivity index (χ4n) is 2.07. The summed E-state index contributed by atoms with van der Waals surface area (Å²) in [7, 11) is 0. The Labute approximate surface area is 111 Å². The summed E-state index contributed by atoms with van der Waals surface area (Å²) in [4.78, 5) is 18.5. The van der Waals surface area contributed by atoms with E-state index in [0.29, 0.717) is 11.8 Å². The van der Waals surface area contributed by atoms with Crippen LogP contribution in [0.4, 0.5) is 0 Å². The minimum atomic E-state index is 0.259. The third kappa shape index (κ3) is 3.45. The number of hydrogen-bond acceptors (Lipinski definition) is 4. The molecule has 0 N–H and O–H groups in total. The number of piperidine rings is 1. The average molecular weight is 270 g/mol. The molecule has 1 saturated heterocycles. The van der Waals surface area contributed by atoms with E-state index in [9.17, 15) is 4.79 Å². The SMILES string of the molecule is Cc1csc(SCC(=O)N2CCCCC2C)n1. The number of likely N-dealkylation sites (tertiary alicyclic amines) is 1. The number of amides is 1. The van der Waals surface area contributed by atoms with Crippen LogP contribution in [-0.4, -0.2) is 34.1 Å². The molecule has 3 nitrogen and oxygen atoms in total. The predicted molar refractivity (Wildman–Crippen MR) is 72.6 cm³/mol. The summed E-state index contributed by atoms with van der Waals surface area (Å²) in [6.45, 7) is 5.06. The van der Waals surface area contributed by atoms with Gasteiger partial charge in [-0.25, -0.2) is 4.98 Å². The molecule has 2 rings (SSSR count). The Morgan fingerprint density at radius 3 is 3.12 bits per heavy atom. The number of nitrogens with zero attached hydrogens (tertiary/aromatic N) is 2. The highest BCUT2D eigenvalue weighted by Gasteiger charge is 2.23. The van der Waals surface area contributed by atoms with Crippen LogP contribution in [0.25, 0.3) is 0 Å². The molecule has 0 bridgehead atoms. The van der Waals surface area contributed by atoms with Gasteiger partial charge in [-0.15, -0.1) is 11.3 Å². The lowest BCUT2D eigenvalue weighted by Gasteiger charge is -2.33. The van der Waals surface area contributed by atoms with Gasteiger partial charge >= 0.3 is 0 Å². The summed E-state index contributed by atoms with van der Waals surface area (Å²) in [5, 5.41) is 2.02. The van der Waals surface area contributed by atoms with Gasteiger partial charge in [-0.1, -0.05) is 11.8 Å². The highest BCUT2D eigenvalue weighted by Crippen LogP contribution is 2.24. The number of aromatic nitrogens is 1. The van der Waals surface area contributed by atoms with Crippen LogP contribution < -0.4 is 0 Å². The summed E-state index contributed by atoms with van der Waals surface area (Å²) in [5.74, 6) is 0.784. The number of aryl methyl sites for hydroxylation is 1. The van der Waals surface area contributed by atoms with Gasteiger partial charge in [-0.2, -0.15) is 0 Å². The van der Waals surface area contributed by atoms with E-state index in [2.05, 4.69) is 11.9 Å². The smallest absolute Gasteiger partial charge is 0.233 e. The van der Waals surface area contributed by atoms with Gasteiger partial charge in [-0.05, 0) is 33.1 Å². The van der Waals surface area contributed by atoms with E-state index in [1.54, 1.807) is 23.1 Å². The molecule has 1 amide bonds. The summed E-state index contributed by atoms with van der Waals surface area (Å²) < 4.78 is 1.00. The number of carbonyl (C=O) groups is 1. The summed E-state index contributed by atoms with van der Waals surface area (Å²) in [6.07, 6.45) is 3.55. The lowest BCUT2D eigenvalue weighted by atomic mass is 10.0. The highest BCUT2D eigenvalue weighted by atomic mass is 32.2. The molecule has 1 unspecified atom stereocenters. The van der Waals surface area contributed by atoms with E-state index in [-0.39, 0.29) is 5.91 Å². The van der Waals surface area contributed by atoms with Crippen molar-refractivity contribution in [1.82, 2.24) is 9.88 Å². The predicted octanol–water partition coefficient (Wildman–Crippen LogP) is 2.94. The molecule has 1 aromatic heterocycles. The van der Waals surface area contributed by atoms with E-state index in [0.717, 1.165) is 29.4 Å². The van der Waals surface area contributed by atoms with Crippen LogP contribution in [0.2, 0.25) is 0 Å². The molecule has 2 heterocycles. The Hall–Kier alpha value is -0.550. The van der Waals surface area contributed by atoms with Crippen molar-refractivity contribution in [2.75, 3.05) is 12.3 Å². The fraction of sp³-hybridized carbons (Fsp3) is 0.667. The maximum Gasteiger partial charge on any atom is 0.233 e. The topological polar surface area (TPSA) is 33.2 Å². The van der Waals surface area contributed by atoms with Crippen LogP contribution in [0.15, 0.2) is 9.72 Å². The van der Waals surface area contributed by atoms with Crippen LogP contribution in [0.3, 0.4) is 0 Å². The molecule has 1 aromatic rings. The molecule has 0 radical (unpaired) electrons. The van der Waals surface area contributed by atoms with Crippen LogP contribution in [0.5, 0.6) is 0 Å². The average Bonchev–Trinajstić information content (AvgIpc) is 2.73. The number of thiazole rings is 1. The second-order valence-corrected chi connectivity index (χ2v) is 6.56. The second kappa shape index (κ2) is 5.87. The molecule has 0 aliphatic carbocycles. The van der Waals surface area contributed by atoms with Crippen molar-refractivity contribution >= 4 is 29.0 Å². The van der Waals surface area contributed by atoms with Crippen molar-refractivity contribution in [2.45, 2.75) is 43.5 Å². The van der Waals surface area contributed by atoms with Crippen LogP contribution in [0.1, 0.15) is 31.9 Å². The molecular weight excluding hydrogens is 252 g/mol. The normalized spacial score (nSPS) is 20.6. The number of carbonyl (C=O) groups excluding carboxylic acids is 1. The van der Waals surface area contributed by atoms with Gasteiger partial charge < -0.3 is 4.90 Å². The highest BCUT2D eigenvalue weighted by molar-refractivity contribution is 8.01. The fourth-order valence-corrected chi connectivity index (χ4v) is 3.81. The molecule has 1 atom stereocenters. The molecule has 17 heavy (non-hydrogen) atoms. The number of rotatable bonds is 3. The minimum Gasteiger partial charge on any atom is -0.339 e. The van der Waals surface area contributed by atoms with Crippen molar-refractivity contribution < 1.29 is 4.79 Å². The quantitative estimate of drug-likeness (QED) is 0.792. The van der Waals surface area contributed by atoms with Crippen LogP contribution in [-0.2, 0) is 4.79 Å². The third-order valence-electron chi connectivity index (χ3n) is 3.04. The van der Waals surface area contributed by atoms with E-state index >= 15 is 0 Å². The Morgan fingerprint density at radius 1 is 1.65 bits per heavy atom. The summed E-state index contributed by atoms with van der Waals surface area (Å²) >= 11 is 3.18.